The molecule has 5 heteroatoms. The maximum atomic E-state index is 12.3. The number of carbonyl (C=O) groups excluding carboxylic acids is 1. The Morgan fingerprint density at radius 1 is 0.818 bits per heavy atom. The number of halogens is 3. The van der Waals surface area contributed by atoms with E-state index in [1.807, 2.05) is 0 Å². The van der Waals surface area contributed by atoms with Crippen LogP contribution in [0.1, 0.15) is 89.0 Å². The summed E-state index contributed by atoms with van der Waals surface area (Å²) in [6, 6.07) is 14.6. The second-order valence-electron chi connectivity index (χ2n) is 9.31. The van der Waals surface area contributed by atoms with Crippen LogP contribution in [-0.2, 0) is 4.79 Å². The number of rotatable bonds is 10. The molecule has 180 valence electrons. The maximum absolute atomic E-state index is 12.3. The first kappa shape index (κ1) is 25.3. The van der Waals surface area contributed by atoms with Crippen LogP contribution >= 0.6 is 0 Å². The number of esters is 1. The molecule has 1 aliphatic rings. The highest BCUT2D eigenvalue weighted by molar-refractivity contribution is 5.78. The normalized spacial score (nSPS) is 18.8. The number of hydrogen-bond donors (Lipinski definition) is 0. The van der Waals surface area contributed by atoms with Gasteiger partial charge in [-0.15, -0.1) is 0 Å². The van der Waals surface area contributed by atoms with Crippen LogP contribution in [0.3, 0.4) is 0 Å². The molecule has 3 rings (SSSR count). The van der Waals surface area contributed by atoms with Crippen LogP contribution < -0.4 is 4.74 Å². The number of hydrogen-bond acceptors (Lipinski definition) is 2. The van der Waals surface area contributed by atoms with Crippen LogP contribution in [0.2, 0.25) is 0 Å². The Hall–Kier alpha value is -2.30. The van der Waals surface area contributed by atoms with Gasteiger partial charge < -0.3 is 4.74 Å². The molecule has 0 bridgehead atoms. The number of ether oxygens (including phenoxy) is 1. The topological polar surface area (TPSA) is 26.3 Å². The van der Waals surface area contributed by atoms with Crippen molar-refractivity contribution in [1.29, 1.82) is 0 Å². The third kappa shape index (κ3) is 7.90. The maximum Gasteiger partial charge on any atom is 0.491 e. The van der Waals surface area contributed by atoms with Gasteiger partial charge >= 0.3 is 12.1 Å². The molecule has 2 aromatic rings. The fourth-order valence-corrected chi connectivity index (χ4v) is 4.83. The van der Waals surface area contributed by atoms with Crippen molar-refractivity contribution in [2.45, 2.75) is 89.6 Å². The van der Waals surface area contributed by atoms with Gasteiger partial charge in [-0.2, -0.15) is 13.2 Å². The first-order valence-electron chi connectivity index (χ1n) is 12.4. The third-order valence-corrected chi connectivity index (χ3v) is 6.82. The first-order valence-corrected chi connectivity index (χ1v) is 12.4. The predicted octanol–water partition coefficient (Wildman–Crippen LogP) is 8.85. The fraction of sp³-hybridized carbons (Fsp3) is 0.536. The average Bonchev–Trinajstić information content (AvgIpc) is 2.82. The van der Waals surface area contributed by atoms with E-state index in [0.29, 0.717) is 5.92 Å². The molecule has 0 N–H and O–H groups in total. The van der Waals surface area contributed by atoms with Gasteiger partial charge in [0.05, 0.1) is 0 Å². The van der Waals surface area contributed by atoms with E-state index >= 15 is 0 Å². The monoisotopic (exact) mass is 460 g/mol. The quantitative estimate of drug-likeness (QED) is 0.201. The van der Waals surface area contributed by atoms with E-state index in [0.717, 1.165) is 17.0 Å². The van der Waals surface area contributed by atoms with Gasteiger partial charge in [-0.25, -0.2) is 4.79 Å². The second kappa shape index (κ2) is 12.2. The second-order valence-corrected chi connectivity index (χ2v) is 9.31. The van der Waals surface area contributed by atoms with Crippen LogP contribution in [-0.4, -0.2) is 12.1 Å². The summed E-state index contributed by atoms with van der Waals surface area (Å²) in [5.41, 5.74) is 3.23. The molecule has 2 nitrogen and oxygen atoms in total. The van der Waals surface area contributed by atoms with Crippen molar-refractivity contribution in [1.82, 2.24) is 0 Å². The summed E-state index contributed by atoms with van der Waals surface area (Å²) in [5, 5.41) is 0. The summed E-state index contributed by atoms with van der Waals surface area (Å²) in [4.78, 5) is 10.9. The summed E-state index contributed by atoms with van der Waals surface area (Å²) in [7, 11) is 0. The van der Waals surface area contributed by atoms with Crippen LogP contribution in [0, 0.1) is 5.92 Å². The molecule has 0 aromatic heterocycles. The standard InChI is InChI=1S/C28H35F3O2/c1-2-3-4-5-6-7-8-21-9-11-22(12-10-21)23-13-15-24(16-14-23)25-17-19-26(20-18-25)33-27(32)28(29,30)31/h13-22H,2-12H2,1H3. The van der Waals surface area contributed by atoms with Crippen molar-refractivity contribution in [3.05, 3.63) is 54.1 Å². The Balaban J connectivity index is 1.45. The minimum absolute atomic E-state index is 0.115. The Morgan fingerprint density at radius 2 is 1.36 bits per heavy atom. The molecular formula is C28H35F3O2. The smallest absolute Gasteiger partial charge is 0.420 e. The highest BCUT2D eigenvalue weighted by atomic mass is 19.4. The van der Waals surface area contributed by atoms with Crippen molar-refractivity contribution in [3.63, 3.8) is 0 Å². The Labute approximate surface area is 195 Å². The lowest BCUT2D eigenvalue weighted by molar-refractivity contribution is -0.189. The Kier molecular flexibility index (Phi) is 9.40. The van der Waals surface area contributed by atoms with Gasteiger partial charge in [-0.05, 0) is 66.3 Å². The molecule has 0 saturated heterocycles. The van der Waals surface area contributed by atoms with E-state index < -0.39 is 12.1 Å². The van der Waals surface area contributed by atoms with Gasteiger partial charge in [0.1, 0.15) is 5.75 Å². The van der Waals surface area contributed by atoms with Gasteiger partial charge in [0.2, 0.25) is 0 Å². The summed E-state index contributed by atoms with van der Waals surface area (Å²) in [6.07, 6.45) is 9.72. The van der Waals surface area contributed by atoms with E-state index in [1.54, 1.807) is 12.1 Å². The van der Waals surface area contributed by atoms with E-state index in [4.69, 9.17) is 0 Å². The van der Waals surface area contributed by atoms with Crippen LogP contribution in [0.15, 0.2) is 48.5 Å². The molecule has 0 spiro atoms. The number of carbonyl (C=O) groups is 1. The molecule has 0 heterocycles. The third-order valence-electron chi connectivity index (χ3n) is 6.82. The summed E-state index contributed by atoms with van der Waals surface area (Å²) in [5.74, 6) is -0.822. The SMILES string of the molecule is CCCCCCCCC1CCC(c2ccc(-c3ccc(OC(=O)C(F)(F)F)cc3)cc2)CC1. The van der Waals surface area contributed by atoms with Crippen molar-refractivity contribution >= 4 is 5.97 Å². The zero-order valence-corrected chi connectivity index (χ0v) is 19.5. The molecule has 2 aromatic carbocycles. The first-order chi connectivity index (χ1) is 15.9. The van der Waals surface area contributed by atoms with Crippen LogP contribution in [0.4, 0.5) is 13.2 Å². The summed E-state index contributed by atoms with van der Waals surface area (Å²) in [6.45, 7) is 2.26. The van der Waals surface area contributed by atoms with Gasteiger partial charge in [0, 0.05) is 0 Å². The van der Waals surface area contributed by atoms with E-state index in [2.05, 4.69) is 35.9 Å². The summed E-state index contributed by atoms with van der Waals surface area (Å²) < 4.78 is 41.3. The highest BCUT2D eigenvalue weighted by Crippen LogP contribution is 2.38. The van der Waals surface area contributed by atoms with Crippen LogP contribution in [0.5, 0.6) is 5.75 Å². The van der Waals surface area contributed by atoms with E-state index in [-0.39, 0.29) is 5.75 Å². The molecule has 1 aliphatic carbocycles. The van der Waals surface area contributed by atoms with E-state index in [1.165, 1.54) is 88.3 Å². The largest absolute Gasteiger partial charge is 0.491 e. The molecule has 0 aliphatic heterocycles. The molecule has 0 unspecified atom stereocenters. The zero-order chi connectivity index (χ0) is 23.7. The summed E-state index contributed by atoms with van der Waals surface area (Å²) >= 11 is 0. The lowest BCUT2D eigenvalue weighted by atomic mass is 9.77. The van der Waals surface area contributed by atoms with Gasteiger partial charge in [0.25, 0.3) is 0 Å². The fourth-order valence-electron chi connectivity index (χ4n) is 4.83. The van der Waals surface area contributed by atoms with Crippen LogP contribution in [0.25, 0.3) is 11.1 Å². The van der Waals surface area contributed by atoms with E-state index in [9.17, 15) is 18.0 Å². The minimum atomic E-state index is -5.00. The predicted molar refractivity (Wildman–Crippen MR) is 126 cm³/mol. The van der Waals surface area contributed by atoms with Gasteiger partial charge in [0.15, 0.2) is 0 Å². The Morgan fingerprint density at radius 3 is 1.94 bits per heavy atom. The zero-order valence-electron chi connectivity index (χ0n) is 19.5. The molecule has 0 atom stereocenters. The molecule has 0 amide bonds. The Bertz CT molecular complexity index is 848. The van der Waals surface area contributed by atoms with Gasteiger partial charge in [-0.1, -0.05) is 88.3 Å². The molecule has 1 fully saturated rings. The lowest BCUT2D eigenvalue weighted by Crippen LogP contribution is -2.27. The van der Waals surface area contributed by atoms with Gasteiger partial charge in [-0.3, -0.25) is 0 Å². The molecular weight excluding hydrogens is 425 g/mol. The van der Waals surface area contributed by atoms with Crippen molar-refractivity contribution < 1.29 is 22.7 Å². The van der Waals surface area contributed by atoms with Crippen molar-refractivity contribution in [2.75, 3.05) is 0 Å². The number of unbranched alkanes of at least 4 members (excludes halogenated alkanes) is 5. The molecule has 1 saturated carbocycles. The molecule has 33 heavy (non-hydrogen) atoms. The van der Waals surface area contributed by atoms with Crippen molar-refractivity contribution in [3.8, 4) is 16.9 Å². The number of alkyl halides is 3. The number of benzene rings is 2. The van der Waals surface area contributed by atoms with Crippen molar-refractivity contribution in [2.24, 2.45) is 5.92 Å². The molecule has 0 radical (unpaired) electrons. The lowest BCUT2D eigenvalue weighted by Gasteiger charge is -2.29. The highest BCUT2D eigenvalue weighted by Gasteiger charge is 2.41. The average molecular weight is 461 g/mol. The minimum Gasteiger partial charge on any atom is -0.420 e.